The molecule has 4 aromatic rings. The van der Waals surface area contributed by atoms with Crippen molar-refractivity contribution in [1.82, 2.24) is 24.7 Å². The van der Waals surface area contributed by atoms with E-state index in [9.17, 15) is 13.2 Å². The smallest absolute Gasteiger partial charge is 0.406 e. The number of nitrogens with one attached hydrogen (secondary N) is 1. The fourth-order valence-electron chi connectivity index (χ4n) is 5.21. The van der Waals surface area contributed by atoms with Crippen molar-refractivity contribution in [2.75, 3.05) is 23.3 Å². The van der Waals surface area contributed by atoms with Crippen molar-refractivity contribution in [3.05, 3.63) is 48.4 Å². The summed E-state index contributed by atoms with van der Waals surface area (Å²) < 4.78 is 48.4. The third kappa shape index (κ3) is 4.24. The van der Waals surface area contributed by atoms with Gasteiger partial charge in [0.2, 0.25) is 5.95 Å². The van der Waals surface area contributed by atoms with Crippen LogP contribution in [0.5, 0.6) is 5.75 Å². The minimum absolute atomic E-state index is 0.231. The molecule has 1 N–H and O–H groups in total. The van der Waals surface area contributed by atoms with Crippen molar-refractivity contribution in [2.24, 2.45) is 11.8 Å². The van der Waals surface area contributed by atoms with Gasteiger partial charge in [-0.2, -0.15) is 9.97 Å². The second-order valence-electron chi connectivity index (χ2n) is 8.99. The first-order chi connectivity index (χ1) is 16.8. The number of fused-ring (bicyclic) bond motifs is 3. The molecule has 6 rings (SSSR count). The largest absolute Gasteiger partial charge is 0.573 e. The summed E-state index contributed by atoms with van der Waals surface area (Å²) in [6.45, 7) is 3.45. The van der Waals surface area contributed by atoms with Crippen LogP contribution < -0.4 is 15.0 Å². The van der Waals surface area contributed by atoms with Gasteiger partial charge in [-0.3, -0.25) is 0 Å². The number of hydrogen-bond acceptors (Lipinski definition) is 8. The van der Waals surface area contributed by atoms with Crippen LogP contribution in [0.25, 0.3) is 16.8 Å². The van der Waals surface area contributed by atoms with E-state index in [0.29, 0.717) is 40.8 Å². The summed E-state index contributed by atoms with van der Waals surface area (Å²) in [4.78, 5) is 11.2. The van der Waals surface area contributed by atoms with Gasteiger partial charge < -0.3 is 19.5 Å². The lowest BCUT2D eigenvalue weighted by molar-refractivity contribution is -0.274. The first-order valence-electron chi connectivity index (χ1n) is 11.4. The summed E-state index contributed by atoms with van der Waals surface area (Å²) in [6.07, 6.45) is -0.740. The SMILES string of the molecule is Cc1noc(N2CC3CCC(C2)C3Nc2nc3c(-c4ccc(OC(F)(F)F)cc4)cccn3n2)n1. The molecule has 182 valence electrons. The zero-order chi connectivity index (χ0) is 24.2. The summed E-state index contributed by atoms with van der Waals surface area (Å²) in [7, 11) is 0. The van der Waals surface area contributed by atoms with Crippen LogP contribution in [0.4, 0.5) is 25.1 Å². The number of anilines is 2. The Bertz CT molecular complexity index is 1340. The van der Waals surface area contributed by atoms with E-state index in [0.717, 1.165) is 31.5 Å². The van der Waals surface area contributed by atoms with Crippen molar-refractivity contribution >= 4 is 17.6 Å². The molecule has 2 unspecified atom stereocenters. The molecule has 12 heteroatoms. The molecule has 1 aliphatic heterocycles. The number of alkyl halides is 3. The molecule has 35 heavy (non-hydrogen) atoms. The minimum Gasteiger partial charge on any atom is -0.406 e. The molecule has 2 bridgehead atoms. The molecule has 3 aromatic heterocycles. The van der Waals surface area contributed by atoms with E-state index in [1.54, 1.807) is 22.8 Å². The average molecular weight is 485 g/mol. The number of rotatable bonds is 5. The predicted octanol–water partition coefficient (Wildman–Crippen LogP) is 4.31. The number of pyridine rings is 1. The van der Waals surface area contributed by atoms with Crippen LogP contribution in [-0.4, -0.2) is 50.2 Å². The summed E-state index contributed by atoms with van der Waals surface area (Å²) >= 11 is 0. The summed E-state index contributed by atoms with van der Waals surface area (Å²) in [5.74, 6) is 1.68. The zero-order valence-electron chi connectivity index (χ0n) is 18.7. The zero-order valence-corrected chi connectivity index (χ0v) is 18.7. The molecule has 0 radical (unpaired) electrons. The number of halogens is 3. The number of nitrogens with zero attached hydrogens (tertiary/aromatic N) is 6. The van der Waals surface area contributed by atoms with Gasteiger partial charge >= 0.3 is 12.4 Å². The quantitative estimate of drug-likeness (QED) is 0.447. The lowest BCUT2D eigenvalue weighted by Gasteiger charge is -2.37. The van der Waals surface area contributed by atoms with Gasteiger partial charge in [0.1, 0.15) is 5.75 Å². The first kappa shape index (κ1) is 21.7. The Kier molecular flexibility index (Phi) is 5.04. The Morgan fingerprint density at radius 2 is 1.80 bits per heavy atom. The fraction of sp³-hybridized carbons (Fsp3) is 0.391. The van der Waals surface area contributed by atoms with E-state index in [1.165, 1.54) is 12.1 Å². The maximum absolute atomic E-state index is 12.5. The van der Waals surface area contributed by atoms with Crippen LogP contribution in [0.15, 0.2) is 47.1 Å². The van der Waals surface area contributed by atoms with Gasteiger partial charge in [0, 0.05) is 30.9 Å². The minimum atomic E-state index is -4.73. The molecule has 4 heterocycles. The fourth-order valence-corrected chi connectivity index (χ4v) is 5.21. The highest BCUT2D eigenvalue weighted by Crippen LogP contribution is 2.40. The topological polar surface area (TPSA) is 93.6 Å². The molecular weight excluding hydrogens is 463 g/mol. The van der Waals surface area contributed by atoms with Crippen molar-refractivity contribution in [3.63, 3.8) is 0 Å². The van der Waals surface area contributed by atoms with Crippen molar-refractivity contribution in [3.8, 4) is 16.9 Å². The lowest BCUT2D eigenvalue weighted by Crippen LogP contribution is -2.48. The summed E-state index contributed by atoms with van der Waals surface area (Å²) in [5.41, 5.74) is 2.09. The Morgan fingerprint density at radius 1 is 1.06 bits per heavy atom. The van der Waals surface area contributed by atoms with Gasteiger partial charge in [0.25, 0.3) is 0 Å². The Morgan fingerprint density at radius 3 is 2.46 bits per heavy atom. The Hall–Kier alpha value is -3.83. The highest BCUT2D eigenvalue weighted by Gasteiger charge is 2.43. The lowest BCUT2D eigenvalue weighted by atomic mass is 9.92. The van der Waals surface area contributed by atoms with Gasteiger partial charge in [-0.15, -0.1) is 18.3 Å². The standard InChI is InChI=1S/C23H22F3N7O2/c1-13-27-22(35-31-13)32-11-15-4-5-16(12-32)19(15)28-21-29-20-18(3-2-10-33(20)30-21)14-6-8-17(9-7-14)34-23(24,25)26/h2-3,6-10,15-16,19H,4-5,11-12H2,1H3,(H,28,30). The second-order valence-corrected chi connectivity index (χ2v) is 8.99. The Balaban J connectivity index is 1.21. The van der Waals surface area contributed by atoms with Crippen molar-refractivity contribution in [2.45, 2.75) is 32.2 Å². The molecular formula is C23H22F3N7O2. The van der Waals surface area contributed by atoms with Crippen LogP contribution in [0, 0.1) is 18.8 Å². The third-order valence-electron chi connectivity index (χ3n) is 6.68. The van der Waals surface area contributed by atoms with Crippen LogP contribution in [-0.2, 0) is 0 Å². The number of aromatic nitrogens is 5. The summed E-state index contributed by atoms with van der Waals surface area (Å²) in [6, 6.07) is 10.2. The molecule has 1 aliphatic carbocycles. The molecule has 0 amide bonds. The average Bonchev–Trinajstić information content (AvgIpc) is 3.48. The van der Waals surface area contributed by atoms with Gasteiger partial charge in [-0.1, -0.05) is 17.3 Å². The highest BCUT2D eigenvalue weighted by molar-refractivity contribution is 5.78. The molecule has 2 aliphatic rings. The van der Waals surface area contributed by atoms with Gasteiger partial charge in [-0.05, 0) is 61.4 Å². The molecule has 2 atom stereocenters. The first-order valence-corrected chi connectivity index (χ1v) is 11.4. The molecule has 9 nitrogen and oxygen atoms in total. The van der Waals surface area contributed by atoms with E-state index < -0.39 is 6.36 Å². The van der Waals surface area contributed by atoms with Gasteiger partial charge in [-0.25, -0.2) is 4.52 Å². The van der Waals surface area contributed by atoms with Crippen LogP contribution in [0.1, 0.15) is 18.7 Å². The van der Waals surface area contributed by atoms with E-state index in [1.807, 2.05) is 19.1 Å². The third-order valence-corrected chi connectivity index (χ3v) is 6.68. The Labute approximate surface area is 197 Å². The normalized spacial score (nSPS) is 22.1. The number of ether oxygens (including phenoxy) is 1. The molecule has 1 aromatic carbocycles. The number of piperidine rings is 1. The van der Waals surface area contributed by atoms with Gasteiger partial charge in [0.15, 0.2) is 11.5 Å². The number of hydrogen-bond donors (Lipinski definition) is 1. The molecule has 0 spiro atoms. The predicted molar refractivity (Wildman–Crippen MR) is 120 cm³/mol. The molecule has 1 saturated carbocycles. The van der Waals surface area contributed by atoms with Gasteiger partial charge in [0.05, 0.1) is 0 Å². The van der Waals surface area contributed by atoms with Crippen molar-refractivity contribution in [1.29, 1.82) is 0 Å². The van der Waals surface area contributed by atoms with Crippen molar-refractivity contribution < 1.29 is 22.4 Å². The van der Waals surface area contributed by atoms with E-state index >= 15 is 0 Å². The van der Waals surface area contributed by atoms with Crippen LogP contribution in [0.3, 0.4) is 0 Å². The maximum atomic E-state index is 12.5. The monoisotopic (exact) mass is 485 g/mol. The van der Waals surface area contributed by atoms with Crippen LogP contribution >= 0.6 is 0 Å². The molecule has 2 fully saturated rings. The van der Waals surface area contributed by atoms with Crippen LogP contribution in [0.2, 0.25) is 0 Å². The van der Waals surface area contributed by atoms with E-state index in [-0.39, 0.29) is 11.8 Å². The van der Waals surface area contributed by atoms with E-state index in [4.69, 9.17) is 9.51 Å². The summed E-state index contributed by atoms with van der Waals surface area (Å²) in [5, 5.41) is 12.0. The number of benzene rings is 1. The van der Waals surface area contributed by atoms with E-state index in [2.05, 4.69) is 30.2 Å². The maximum Gasteiger partial charge on any atom is 0.573 e. The second kappa shape index (κ2) is 8.14. The highest BCUT2D eigenvalue weighted by atomic mass is 19.4. The molecule has 1 saturated heterocycles. The number of aryl methyl sites for hydroxylation is 1.